The first kappa shape index (κ1) is 18.7. The monoisotopic (exact) mass is 386 g/mol. The minimum atomic E-state index is -0.934. The number of aryl methyl sites for hydroxylation is 1. The number of nitrogens with zero attached hydrogens (tertiary/aromatic N) is 1. The molecular formula is C24H22N2O3. The van der Waals surface area contributed by atoms with Crippen molar-refractivity contribution in [2.75, 3.05) is 5.32 Å². The van der Waals surface area contributed by atoms with E-state index in [-0.39, 0.29) is 6.61 Å². The van der Waals surface area contributed by atoms with E-state index in [4.69, 9.17) is 4.74 Å². The SMILES string of the molecule is Cc1cccc(COc2cccc(CN=C3Cc4ccccc4N3)c2)c1C(=O)O. The number of anilines is 1. The molecule has 0 fully saturated rings. The summed E-state index contributed by atoms with van der Waals surface area (Å²) in [4.78, 5) is 16.2. The van der Waals surface area contributed by atoms with Gasteiger partial charge in [0.05, 0.1) is 12.1 Å². The summed E-state index contributed by atoms with van der Waals surface area (Å²) in [6.45, 7) is 2.55. The molecule has 146 valence electrons. The van der Waals surface area contributed by atoms with Crippen LogP contribution in [0.5, 0.6) is 5.75 Å². The van der Waals surface area contributed by atoms with Crippen molar-refractivity contribution in [1.29, 1.82) is 0 Å². The van der Waals surface area contributed by atoms with Crippen LogP contribution in [0.15, 0.2) is 71.7 Å². The maximum absolute atomic E-state index is 11.5. The normalized spacial score (nSPS) is 13.8. The lowest BCUT2D eigenvalue weighted by molar-refractivity contribution is 0.0693. The highest BCUT2D eigenvalue weighted by Gasteiger charge is 2.15. The third kappa shape index (κ3) is 4.29. The Kier molecular flexibility index (Phi) is 5.29. The minimum Gasteiger partial charge on any atom is -0.489 e. The van der Waals surface area contributed by atoms with E-state index in [9.17, 15) is 9.90 Å². The smallest absolute Gasteiger partial charge is 0.336 e. The van der Waals surface area contributed by atoms with Crippen molar-refractivity contribution in [3.05, 3.63) is 94.5 Å². The van der Waals surface area contributed by atoms with Crippen molar-refractivity contribution in [2.45, 2.75) is 26.5 Å². The third-order valence-corrected chi connectivity index (χ3v) is 4.97. The van der Waals surface area contributed by atoms with Gasteiger partial charge in [-0.05, 0) is 41.8 Å². The van der Waals surface area contributed by atoms with Gasteiger partial charge in [0.1, 0.15) is 18.2 Å². The maximum atomic E-state index is 11.5. The molecule has 0 aromatic heterocycles. The Labute approximate surface area is 169 Å². The van der Waals surface area contributed by atoms with Gasteiger partial charge >= 0.3 is 5.97 Å². The van der Waals surface area contributed by atoms with Crippen molar-refractivity contribution < 1.29 is 14.6 Å². The molecule has 1 aliphatic heterocycles. The molecule has 3 aromatic rings. The zero-order valence-corrected chi connectivity index (χ0v) is 16.2. The summed E-state index contributed by atoms with van der Waals surface area (Å²) in [5, 5.41) is 12.8. The van der Waals surface area contributed by atoms with Gasteiger partial charge in [0, 0.05) is 17.7 Å². The van der Waals surface area contributed by atoms with Crippen molar-refractivity contribution in [1.82, 2.24) is 0 Å². The van der Waals surface area contributed by atoms with Gasteiger partial charge in [-0.15, -0.1) is 0 Å². The van der Waals surface area contributed by atoms with Gasteiger partial charge in [0.2, 0.25) is 0 Å². The number of hydrogen-bond donors (Lipinski definition) is 2. The molecule has 0 saturated heterocycles. The van der Waals surface area contributed by atoms with Gasteiger partial charge in [-0.1, -0.05) is 48.5 Å². The molecule has 0 unspecified atom stereocenters. The molecule has 1 heterocycles. The topological polar surface area (TPSA) is 70.9 Å². The molecule has 3 aromatic carbocycles. The Morgan fingerprint density at radius 1 is 1.10 bits per heavy atom. The van der Waals surface area contributed by atoms with Crippen LogP contribution < -0.4 is 10.1 Å². The lowest BCUT2D eigenvalue weighted by atomic mass is 10.0. The Morgan fingerprint density at radius 3 is 2.76 bits per heavy atom. The number of amidine groups is 1. The van der Waals surface area contributed by atoms with Gasteiger partial charge in [-0.2, -0.15) is 0 Å². The Balaban J connectivity index is 1.42. The summed E-state index contributed by atoms with van der Waals surface area (Å²) >= 11 is 0. The van der Waals surface area contributed by atoms with E-state index in [0.717, 1.165) is 29.1 Å². The number of fused-ring (bicyclic) bond motifs is 1. The summed E-state index contributed by atoms with van der Waals surface area (Å²) in [6.07, 6.45) is 0.817. The highest BCUT2D eigenvalue weighted by atomic mass is 16.5. The van der Waals surface area contributed by atoms with Crippen molar-refractivity contribution >= 4 is 17.5 Å². The molecule has 2 N–H and O–H groups in total. The number of ether oxygens (including phenoxy) is 1. The van der Waals surface area contributed by atoms with Crippen LogP contribution in [0.4, 0.5) is 5.69 Å². The van der Waals surface area contributed by atoms with Gasteiger partial charge in [-0.3, -0.25) is 4.99 Å². The maximum Gasteiger partial charge on any atom is 0.336 e. The second-order valence-electron chi connectivity index (χ2n) is 7.07. The summed E-state index contributed by atoms with van der Waals surface area (Å²) < 4.78 is 5.87. The first-order chi connectivity index (χ1) is 14.1. The van der Waals surface area contributed by atoms with Crippen LogP contribution in [0.3, 0.4) is 0 Å². The molecule has 0 saturated carbocycles. The Hall–Kier alpha value is -3.60. The molecule has 0 spiro atoms. The zero-order valence-electron chi connectivity index (χ0n) is 16.2. The molecule has 4 rings (SSSR count). The van der Waals surface area contributed by atoms with E-state index in [0.29, 0.717) is 23.4 Å². The number of benzene rings is 3. The third-order valence-electron chi connectivity index (χ3n) is 4.97. The summed E-state index contributed by atoms with van der Waals surface area (Å²) in [5.41, 5.74) is 5.12. The fraction of sp³-hybridized carbons (Fsp3) is 0.167. The van der Waals surface area contributed by atoms with Gasteiger partial charge in [0.15, 0.2) is 0 Å². The first-order valence-electron chi connectivity index (χ1n) is 9.52. The number of para-hydroxylation sites is 1. The van der Waals surface area contributed by atoms with Crippen LogP contribution in [-0.2, 0) is 19.6 Å². The predicted molar refractivity (Wildman–Crippen MR) is 114 cm³/mol. The minimum absolute atomic E-state index is 0.206. The number of nitrogens with one attached hydrogen (secondary N) is 1. The quantitative estimate of drug-likeness (QED) is 0.636. The molecule has 0 atom stereocenters. The largest absolute Gasteiger partial charge is 0.489 e. The van der Waals surface area contributed by atoms with Crippen molar-refractivity contribution in [2.24, 2.45) is 4.99 Å². The Bertz CT molecular complexity index is 1060. The molecule has 5 heteroatoms. The lowest BCUT2D eigenvalue weighted by Gasteiger charge is -2.11. The van der Waals surface area contributed by atoms with Gasteiger partial charge in [0.25, 0.3) is 0 Å². The molecule has 1 aliphatic rings. The van der Waals surface area contributed by atoms with E-state index < -0.39 is 5.97 Å². The van der Waals surface area contributed by atoms with Crippen molar-refractivity contribution in [3.63, 3.8) is 0 Å². The molecule has 5 nitrogen and oxygen atoms in total. The number of hydrogen-bond acceptors (Lipinski definition) is 3. The van der Waals surface area contributed by atoms with Crippen LogP contribution in [-0.4, -0.2) is 16.9 Å². The predicted octanol–water partition coefficient (Wildman–Crippen LogP) is 4.84. The average Bonchev–Trinajstić information content (AvgIpc) is 3.14. The van der Waals surface area contributed by atoms with Crippen LogP contribution >= 0.6 is 0 Å². The summed E-state index contributed by atoms with van der Waals surface area (Å²) in [7, 11) is 0. The van der Waals surface area contributed by atoms with Crippen LogP contribution in [0, 0.1) is 6.92 Å². The summed E-state index contributed by atoms with van der Waals surface area (Å²) in [6, 6.07) is 21.4. The standard InChI is InChI=1S/C24H22N2O3/c1-16-6-4-9-19(23(16)24(27)28)15-29-20-10-5-7-17(12-20)14-25-22-13-18-8-2-3-11-21(18)26-22/h2-12H,13-15H2,1H3,(H,25,26)(H,27,28). The second kappa shape index (κ2) is 8.19. The van der Waals surface area contributed by atoms with E-state index in [1.165, 1.54) is 5.56 Å². The molecule has 0 amide bonds. The fourth-order valence-corrected chi connectivity index (χ4v) is 3.51. The van der Waals surface area contributed by atoms with Crippen LogP contribution in [0.2, 0.25) is 0 Å². The molecule has 0 radical (unpaired) electrons. The number of aliphatic imine (C=N–C) groups is 1. The fourth-order valence-electron chi connectivity index (χ4n) is 3.51. The number of aromatic carboxylic acids is 1. The van der Waals surface area contributed by atoms with E-state index in [1.54, 1.807) is 19.1 Å². The lowest BCUT2D eigenvalue weighted by Crippen LogP contribution is -2.08. The zero-order chi connectivity index (χ0) is 20.2. The highest BCUT2D eigenvalue weighted by molar-refractivity contribution is 6.02. The van der Waals surface area contributed by atoms with Crippen LogP contribution in [0.25, 0.3) is 0 Å². The Morgan fingerprint density at radius 2 is 1.93 bits per heavy atom. The molecule has 29 heavy (non-hydrogen) atoms. The van der Waals surface area contributed by atoms with E-state index >= 15 is 0 Å². The van der Waals surface area contributed by atoms with E-state index in [1.807, 2.05) is 42.5 Å². The highest BCUT2D eigenvalue weighted by Crippen LogP contribution is 2.23. The molecular weight excluding hydrogens is 364 g/mol. The average molecular weight is 386 g/mol. The number of carboxylic acids is 1. The number of carbonyl (C=O) groups is 1. The van der Waals surface area contributed by atoms with Gasteiger partial charge < -0.3 is 15.2 Å². The number of carboxylic acid groups (broad SMARTS) is 1. The first-order valence-corrected chi connectivity index (χ1v) is 9.52. The van der Waals surface area contributed by atoms with Crippen LogP contribution in [0.1, 0.15) is 32.6 Å². The summed E-state index contributed by atoms with van der Waals surface area (Å²) in [5.74, 6) is 0.725. The number of rotatable bonds is 6. The van der Waals surface area contributed by atoms with E-state index in [2.05, 4.69) is 22.4 Å². The molecule has 0 aliphatic carbocycles. The second-order valence-corrected chi connectivity index (χ2v) is 7.07. The van der Waals surface area contributed by atoms with Crippen molar-refractivity contribution in [3.8, 4) is 5.75 Å². The van der Waals surface area contributed by atoms with Gasteiger partial charge in [-0.25, -0.2) is 4.79 Å². The molecule has 0 bridgehead atoms.